The van der Waals surface area contributed by atoms with Gasteiger partial charge in [-0.25, -0.2) is 0 Å². The Bertz CT molecular complexity index is 708. The number of halogens is 8. The first-order valence-corrected chi connectivity index (χ1v) is 7.56. The van der Waals surface area contributed by atoms with Crippen LogP contribution in [0.1, 0.15) is 0 Å². The maximum Gasteiger partial charge on any atom is 3.00 e. The van der Waals surface area contributed by atoms with Gasteiger partial charge in [-0.2, -0.15) is 0 Å². The third-order valence-electron chi connectivity index (χ3n) is 2.99. The van der Waals surface area contributed by atoms with Crippen LogP contribution in [0.25, 0.3) is 22.3 Å². The molecule has 0 bridgehead atoms. The van der Waals surface area contributed by atoms with Crippen LogP contribution in [0.2, 0.25) is 0 Å². The molecule has 0 saturated carbocycles. The quantitative estimate of drug-likeness (QED) is 0.199. The van der Waals surface area contributed by atoms with Gasteiger partial charge in [0.15, 0.2) is 0 Å². The van der Waals surface area contributed by atoms with E-state index < -0.39 is 14.5 Å². The fourth-order valence-corrected chi connectivity index (χ4v) is 2.16. The first kappa shape index (κ1) is 26.0. The Labute approximate surface area is 169 Å². The SMILES string of the molecule is F[B-](F)(F)F.F[B-](F)(F)F.[Rh+3].c1ccc(-c2ccc[c-]2-c2ccccc2)cc1. The van der Waals surface area contributed by atoms with E-state index in [4.69, 9.17) is 0 Å². The minimum absolute atomic E-state index is 0. The van der Waals surface area contributed by atoms with Crippen molar-refractivity contribution in [3.63, 3.8) is 0 Å². The molecule has 0 aromatic heterocycles. The van der Waals surface area contributed by atoms with Crippen molar-refractivity contribution in [3.05, 3.63) is 78.9 Å². The van der Waals surface area contributed by atoms with E-state index in [1.54, 1.807) is 0 Å². The zero-order chi connectivity index (χ0) is 20.5. The van der Waals surface area contributed by atoms with Crippen molar-refractivity contribution >= 4 is 14.5 Å². The Kier molecular flexibility index (Phi) is 10.9. The molecule has 28 heavy (non-hydrogen) atoms. The molecule has 11 heteroatoms. The predicted molar refractivity (Wildman–Crippen MR) is 93.3 cm³/mol. The van der Waals surface area contributed by atoms with E-state index in [0.29, 0.717) is 0 Å². The molecular weight excluding hydrogens is 481 g/mol. The van der Waals surface area contributed by atoms with E-state index in [0.717, 1.165) is 0 Å². The van der Waals surface area contributed by atoms with Crippen LogP contribution in [0.3, 0.4) is 0 Å². The van der Waals surface area contributed by atoms with Crippen molar-refractivity contribution in [2.45, 2.75) is 0 Å². The summed E-state index contributed by atoms with van der Waals surface area (Å²) in [5, 5.41) is 0. The maximum atomic E-state index is 9.75. The number of rotatable bonds is 2. The second-order valence-electron chi connectivity index (χ2n) is 5.07. The standard InChI is InChI=1S/C17H13.2BF4.Rh/c1-3-8-14(9-4-1)16-12-7-13-17(16)15-10-5-2-6-11-15;2*2-1(3,4)5;/h1-13H;;;/q3*-1;+3. The monoisotopic (exact) mass is 494 g/mol. The van der Waals surface area contributed by atoms with Crippen molar-refractivity contribution in [3.8, 4) is 22.3 Å². The summed E-state index contributed by atoms with van der Waals surface area (Å²) in [5.74, 6) is 0. The van der Waals surface area contributed by atoms with Crippen LogP contribution in [0, 0.1) is 0 Å². The smallest absolute Gasteiger partial charge is 0.418 e. The summed E-state index contributed by atoms with van der Waals surface area (Å²) in [5.41, 5.74) is 5.15. The molecule has 0 unspecified atom stereocenters. The third kappa shape index (κ3) is 12.4. The van der Waals surface area contributed by atoms with E-state index in [2.05, 4.69) is 78.9 Å². The van der Waals surface area contributed by atoms with Gasteiger partial charge in [-0.05, 0) is 0 Å². The van der Waals surface area contributed by atoms with Gasteiger partial charge in [0, 0.05) is 0 Å². The Morgan fingerprint density at radius 3 is 1.36 bits per heavy atom. The van der Waals surface area contributed by atoms with Crippen LogP contribution in [0.15, 0.2) is 78.9 Å². The molecular formula is C17H13B2F8Rh. The molecule has 3 rings (SSSR count). The summed E-state index contributed by atoms with van der Waals surface area (Å²) in [6, 6.07) is 27.5. The number of hydrogen-bond acceptors (Lipinski definition) is 0. The zero-order valence-corrected chi connectivity index (χ0v) is 15.7. The fraction of sp³-hybridized carbons (Fsp3) is 0. The zero-order valence-electron chi connectivity index (χ0n) is 14.0. The van der Waals surface area contributed by atoms with Crippen LogP contribution in [-0.2, 0) is 19.5 Å². The Hall–Kier alpha value is -2.02. The van der Waals surface area contributed by atoms with E-state index in [9.17, 15) is 34.5 Å². The molecule has 0 aliphatic heterocycles. The number of hydrogen-bond donors (Lipinski definition) is 0. The van der Waals surface area contributed by atoms with Crippen molar-refractivity contribution < 1.29 is 54.0 Å². The molecule has 0 aliphatic carbocycles. The topological polar surface area (TPSA) is 0 Å². The van der Waals surface area contributed by atoms with Crippen LogP contribution in [0.4, 0.5) is 34.5 Å². The second-order valence-corrected chi connectivity index (χ2v) is 5.07. The molecule has 3 aromatic carbocycles. The van der Waals surface area contributed by atoms with Gasteiger partial charge in [-0.1, -0.05) is 65.2 Å². The Morgan fingerprint density at radius 1 is 0.536 bits per heavy atom. The van der Waals surface area contributed by atoms with Crippen LogP contribution < -0.4 is 0 Å². The average Bonchev–Trinajstić information content (AvgIpc) is 3.03. The van der Waals surface area contributed by atoms with Gasteiger partial charge in [0.05, 0.1) is 0 Å². The molecule has 0 spiro atoms. The second kappa shape index (κ2) is 11.7. The van der Waals surface area contributed by atoms with E-state index in [1.807, 2.05) is 0 Å². The fourth-order valence-electron chi connectivity index (χ4n) is 2.16. The summed E-state index contributed by atoms with van der Waals surface area (Å²) in [7, 11) is -12.0. The van der Waals surface area contributed by atoms with Gasteiger partial charge >= 0.3 is 34.0 Å². The van der Waals surface area contributed by atoms with Crippen molar-refractivity contribution in [2.24, 2.45) is 0 Å². The van der Waals surface area contributed by atoms with Gasteiger partial charge in [0.25, 0.3) is 0 Å². The molecule has 0 radical (unpaired) electrons. The van der Waals surface area contributed by atoms with Crippen LogP contribution in [0.5, 0.6) is 0 Å². The Balaban J connectivity index is 0.000000560. The maximum absolute atomic E-state index is 9.75. The van der Waals surface area contributed by atoms with E-state index in [-0.39, 0.29) is 19.5 Å². The van der Waals surface area contributed by atoms with Gasteiger partial charge in [0.1, 0.15) is 0 Å². The third-order valence-corrected chi connectivity index (χ3v) is 2.99. The molecule has 0 saturated heterocycles. The van der Waals surface area contributed by atoms with E-state index >= 15 is 0 Å². The minimum Gasteiger partial charge on any atom is -0.418 e. The normalized spacial score (nSPS) is 10.6. The predicted octanol–water partition coefficient (Wildman–Crippen LogP) is 7.34. The van der Waals surface area contributed by atoms with Crippen LogP contribution in [-0.4, -0.2) is 14.5 Å². The molecule has 152 valence electrons. The number of benzene rings is 2. The van der Waals surface area contributed by atoms with Crippen molar-refractivity contribution in [1.82, 2.24) is 0 Å². The molecule has 0 amide bonds. The van der Waals surface area contributed by atoms with Crippen molar-refractivity contribution in [1.29, 1.82) is 0 Å². The molecule has 0 fully saturated rings. The van der Waals surface area contributed by atoms with Crippen LogP contribution >= 0.6 is 0 Å². The summed E-state index contributed by atoms with van der Waals surface area (Å²) < 4.78 is 78.0. The minimum atomic E-state index is -6.00. The molecule has 0 heterocycles. The summed E-state index contributed by atoms with van der Waals surface area (Å²) in [4.78, 5) is 0. The summed E-state index contributed by atoms with van der Waals surface area (Å²) >= 11 is 0. The molecule has 0 atom stereocenters. The molecule has 0 nitrogen and oxygen atoms in total. The first-order chi connectivity index (χ1) is 12.4. The largest absolute Gasteiger partial charge is 3.00 e. The van der Waals surface area contributed by atoms with Crippen molar-refractivity contribution in [2.75, 3.05) is 0 Å². The van der Waals surface area contributed by atoms with Gasteiger partial charge in [-0.3, -0.25) is 0 Å². The Morgan fingerprint density at radius 2 is 0.929 bits per heavy atom. The van der Waals surface area contributed by atoms with Gasteiger partial charge in [-0.15, -0.1) is 35.9 Å². The van der Waals surface area contributed by atoms with E-state index in [1.165, 1.54) is 22.3 Å². The average molecular weight is 494 g/mol. The first-order valence-electron chi connectivity index (χ1n) is 7.56. The van der Waals surface area contributed by atoms with Gasteiger partial charge < -0.3 is 34.5 Å². The summed E-state index contributed by atoms with van der Waals surface area (Å²) in [6.45, 7) is 0. The molecule has 0 aliphatic rings. The molecule has 3 aromatic rings. The summed E-state index contributed by atoms with van der Waals surface area (Å²) in [6.07, 6.45) is 0. The molecule has 0 N–H and O–H groups in total. The van der Waals surface area contributed by atoms with Gasteiger partial charge in [0.2, 0.25) is 0 Å².